The van der Waals surface area contributed by atoms with Gasteiger partial charge in [-0.3, -0.25) is 4.79 Å². The smallest absolute Gasteiger partial charge is 0.237 e. The average Bonchev–Trinajstić information content (AvgIpc) is 2.91. The third-order valence-corrected chi connectivity index (χ3v) is 2.71. The molecule has 0 bridgehead atoms. The molecule has 0 saturated carbocycles. The molecule has 1 amide bonds. The monoisotopic (exact) mass is 208 g/mol. The number of rotatable bonds is 3. The van der Waals surface area contributed by atoms with E-state index in [1.165, 1.54) is 0 Å². The highest BCUT2D eigenvalue weighted by atomic mass is 16.3. The molecule has 2 N–H and O–H groups in total. The summed E-state index contributed by atoms with van der Waals surface area (Å²) in [5, 5.41) is 6.09. The van der Waals surface area contributed by atoms with E-state index in [1.807, 2.05) is 19.1 Å². The Morgan fingerprint density at radius 3 is 3.20 bits per heavy atom. The minimum absolute atomic E-state index is 0.0255. The van der Waals surface area contributed by atoms with Crippen LogP contribution in [0.3, 0.4) is 0 Å². The van der Waals surface area contributed by atoms with Gasteiger partial charge in [-0.2, -0.15) is 0 Å². The standard InChI is InChI=1S/C11H16N2O2/c1-8(10-5-3-7-15-10)13-11(14)9-4-2-6-12-9/h3,5,7-9,12H,2,4,6H2,1H3,(H,13,14)/t8?,9-/m0/s1. The molecule has 1 aromatic heterocycles. The maximum absolute atomic E-state index is 11.7. The molecular weight excluding hydrogens is 192 g/mol. The van der Waals surface area contributed by atoms with Crippen LogP contribution in [0.2, 0.25) is 0 Å². The number of carbonyl (C=O) groups excluding carboxylic acids is 1. The molecule has 1 fully saturated rings. The van der Waals surface area contributed by atoms with E-state index in [-0.39, 0.29) is 18.0 Å². The van der Waals surface area contributed by atoms with E-state index in [1.54, 1.807) is 6.26 Å². The van der Waals surface area contributed by atoms with Crippen LogP contribution in [0.5, 0.6) is 0 Å². The normalized spacial score (nSPS) is 22.6. The lowest BCUT2D eigenvalue weighted by atomic mass is 10.2. The molecule has 1 unspecified atom stereocenters. The van der Waals surface area contributed by atoms with Gasteiger partial charge in [-0.1, -0.05) is 0 Å². The summed E-state index contributed by atoms with van der Waals surface area (Å²) in [6.07, 6.45) is 3.62. The average molecular weight is 208 g/mol. The molecule has 4 heteroatoms. The topological polar surface area (TPSA) is 54.3 Å². The first-order chi connectivity index (χ1) is 7.27. The summed E-state index contributed by atoms with van der Waals surface area (Å²) in [7, 11) is 0. The van der Waals surface area contributed by atoms with E-state index in [4.69, 9.17) is 4.42 Å². The second-order valence-corrected chi connectivity index (χ2v) is 3.89. The zero-order chi connectivity index (χ0) is 10.7. The lowest BCUT2D eigenvalue weighted by Gasteiger charge is -2.15. The van der Waals surface area contributed by atoms with Crippen molar-refractivity contribution in [3.05, 3.63) is 24.2 Å². The van der Waals surface area contributed by atoms with Crippen molar-refractivity contribution in [2.75, 3.05) is 6.54 Å². The van der Waals surface area contributed by atoms with Crippen molar-refractivity contribution in [2.45, 2.75) is 31.8 Å². The van der Waals surface area contributed by atoms with Crippen LogP contribution in [-0.4, -0.2) is 18.5 Å². The van der Waals surface area contributed by atoms with Gasteiger partial charge in [0, 0.05) is 0 Å². The molecule has 4 nitrogen and oxygen atoms in total. The number of furan rings is 1. The molecule has 0 radical (unpaired) electrons. The molecule has 15 heavy (non-hydrogen) atoms. The molecule has 1 aliphatic rings. The highest BCUT2D eigenvalue weighted by Crippen LogP contribution is 2.13. The van der Waals surface area contributed by atoms with E-state index >= 15 is 0 Å². The fourth-order valence-electron chi connectivity index (χ4n) is 1.83. The number of hydrogen-bond donors (Lipinski definition) is 2. The Morgan fingerprint density at radius 1 is 1.73 bits per heavy atom. The minimum atomic E-state index is -0.0603. The van der Waals surface area contributed by atoms with Gasteiger partial charge in [-0.05, 0) is 38.4 Å². The van der Waals surface area contributed by atoms with Crippen LogP contribution in [0.25, 0.3) is 0 Å². The van der Waals surface area contributed by atoms with E-state index in [0.717, 1.165) is 25.1 Å². The van der Waals surface area contributed by atoms with Crippen molar-refractivity contribution in [3.8, 4) is 0 Å². The Hall–Kier alpha value is -1.29. The number of nitrogens with one attached hydrogen (secondary N) is 2. The van der Waals surface area contributed by atoms with E-state index in [0.29, 0.717) is 0 Å². The predicted octanol–water partition coefficient (Wildman–Crippen LogP) is 1.21. The fraction of sp³-hybridized carbons (Fsp3) is 0.545. The van der Waals surface area contributed by atoms with Crippen LogP contribution in [0, 0.1) is 0 Å². The molecule has 2 heterocycles. The van der Waals surface area contributed by atoms with Crippen molar-refractivity contribution < 1.29 is 9.21 Å². The molecule has 0 spiro atoms. The van der Waals surface area contributed by atoms with Crippen molar-refractivity contribution in [1.82, 2.24) is 10.6 Å². The van der Waals surface area contributed by atoms with Gasteiger partial charge in [0.05, 0.1) is 18.3 Å². The molecule has 2 rings (SSSR count). The van der Waals surface area contributed by atoms with Crippen LogP contribution in [0.15, 0.2) is 22.8 Å². The zero-order valence-corrected chi connectivity index (χ0v) is 8.82. The highest BCUT2D eigenvalue weighted by Gasteiger charge is 2.23. The third kappa shape index (κ3) is 2.39. The van der Waals surface area contributed by atoms with Gasteiger partial charge < -0.3 is 15.1 Å². The Kier molecular flexibility index (Phi) is 3.06. The second kappa shape index (κ2) is 4.49. The quantitative estimate of drug-likeness (QED) is 0.785. The van der Waals surface area contributed by atoms with Gasteiger partial charge in [0.1, 0.15) is 5.76 Å². The molecule has 1 saturated heterocycles. The first kappa shape index (κ1) is 10.2. The van der Waals surface area contributed by atoms with Crippen molar-refractivity contribution >= 4 is 5.91 Å². The summed E-state index contributed by atoms with van der Waals surface area (Å²) in [6.45, 7) is 2.86. The van der Waals surface area contributed by atoms with Gasteiger partial charge in [0.15, 0.2) is 0 Å². The summed E-state index contributed by atoms with van der Waals surface area (Å²) >= 11 is 0. The zero-order valence-electron chi connectivity index (χ0n) is 8.82. The molecule has 1 aromatic rings. The molecule has 0 aromatic carbocycles. The summed E-state index contributed by atoms with van der Waals surface area (Å²) in [4.78, 5) is 11.7. The van der Waals surface area contributed by atoms with Crippen LogP contribution >= 0.6 is 0 Å². The maximum Gasteiger partial charge on any atom is 0.237 e. The SMILES string of the molecule is CC(NC(=O)[C@@H]1CCCN1)c1ccco1. The van der Waals surface area contributed by atoms with Gasteiger partial charge in [-0.25, -0.2) is 0 Å². The molecule has 1 aliphatic heterocycles. The Balaban J connectivity index is 1.88. The second-order valence-electron chi connectivity index (χ2n) is 3.89. The van der Waals surface area contributed by atoms with Crippen molar-refractivity contribution in [1.29, 1.82) is 0 Å². The van der Waals surface area contributed by atoms with Crippen LogP contribution in [-0.2, 0) is 4.79 Å². The maximum atomic E-state index is 11.7. The lowest BCUT2D eigenvalue weighted by Crippen LogP contribution is -2.41. The Morgan fingerprint density at radius 2 is 2.60 bits per heavy atom. The molecular formula is C11H16N2O2. The van der Waals surface area contributed by atoms with Crippen molar-refractivity contribution in [3.63, 3.8) is 0 Å². The molecule has 0 aliphatic carbocycles. The summed E-state index contributed by atoms with van der Waals surface area (Å²) in [6, 6.07) is 3.61. The van der Waals surface area contributed by atoms with E-state index < -0.39 is 0 Å². The molecule has 2 atom stereocenters. The highest BCUT2D eigenvalue weighted by molar-refractivity contribution is 5.82. The van der Waals surface area contributed by atoms with Crippen LogP contribution in [0.4, 0.5) is 0 Å². The lowest BCUT2D eigenvalue weighted by molar-refractivity contribution is -0.123. The minimum Gasteiger partial charge on any atom is -0.467 e. The Bertz CT molecular complexity index is 315. The summed E-state index contributed by atoms with van der Waals surface area (Å²) < 4.78 is 5.22. The van der Waals surface area contributed by atoms with E-state index in [2.05, 4.69) is 10.6 Å². The van der Waals surface area contributed by atoms with Crippen molar-refractivity contribution in [2.24, 2.45) is 0 Å². The van der Waals surface area contributed by atoms with E-state index in [9.17, 15) is 4.79 Å². The van der Waals surface area contributed by atoms with Crippen LogP contribution in [0.1, 0.15) is 31.6 Å². The Labute approximate surface area is 89.0 Å². The number of carbonyl (C=O) groups is 1. The van der Waals surface area contributed by atoms with Gasteiger partial charge in [0.25, 0.3) is 0 Å². The summed E-state index contributed by atoms with van der Waals surface area (Å²) in [5.74, 6) is 0.859. The number of amides is 1. The molecule has 82 valence electrons. The van der Waals surface area contributed by atoms with Crippen LogP contribution < -0.4 is 10.6 Å². The van der Waals surface area contributed by atoms with Gasteiger partial charge >= 0.3 is 0 Å². The largest absolute Gasteiger partial charge is 0.467 e. The third-order valence-electron chi connectivity index (χ3n) is 2.71. The summed E-state index contributed by atoms with van der Waals surface area (Å²) in [5.41, 5.74) is 0. The number of hydrogen-bond acceptors (Lipinski definition) is 3. The first-order valence-electron chi connectivity index (χ1n) is 5.34. The predicted molar refractivity (Wildman–Crippen MR) is 56.3 cm³/mol. The first-order valence-corrected chi connectivity index (χ1v) is 5.34. The van der Waals surface area contributed by atoms with Gasteiger partial charge in [-0.15, -0.1) is 0 Å². The fourth-order valence-corrected chi connectivity index (χ4v) is 1.83. The van der Waals surface area contributed by atoms with Gasteiger partial charge in [0.2, 0.25) is 5.91 Å².